The molecular formula is C29H23FO2. The highest BCUT2D eigenvalue weighted by Crippen LogP contribution is 2.42. The van der Waals surface area contributed by atoms with Crippen LogP contribution in [-0.2, 0) is 13.0 Å². The summed E-state index contributed by atoms with van der Waals surface area (Å²) in [6, 6.07) is 30.6. The van der Waals surface area contributed by atoms with E-state index in [2.05, 4.69) is 12.1 Å². The Balaban J connectivity index is 1.58. The summed E-state index contributed by atoms with van der Waals surface area (Å²) in [5.41, 5.74) is 7.22. The molecule has 0 spiro atoms. The molecule has 3 heteroatoms. The van der Waals surface area contributed by atoms with E-state index >= 15 is 4.39 Å². The Bertz CT molecular complexity index is 1260. The second kappa shape index (κ2) is 8.72. The molecule has 0 saturated carbocycles. The number of benzene rings is 4. The molecule has 0 bridgehead atoms. The van der Waals surface area contributed by atoms with Crippen molar-refractivity contribution in [1.82, 2.24) is 0 Å². The SMILES string of the molecule is Oc1ccc(C2=C(c3ccccc3)CCc3cc(OCc4ccccc4)c(F)cc32)cc1. The molecule has 5 rings (SSSR count). The number of hydrogen-bond acceptors (Lipinski definition) is 2. The molecular weight excluding hydrogens is 399 g/mol. The van der Waals surface area contributed by atoms with Crippen molar-refractivity contribution in [2.45, 2.75) is 19.4 Å². The first kappa shape index (κ1) is 20.1. The smallest absolute Gasteiger partial charge is 0.165 e. The molecule has 0 saturated heterocycles. The number of aryl methyl sites for hydroxylation is 1. The molecule has 2 nitrogen and oxygen atoms in total. The summed E-state index contributed by atoms with van der Waals surface area (Å²) in [4.78, 5) is 0. The molecule has 0 aliphatic heterocycles. The Kier molecular flexibility index (Phi) is 5.47. The average molecular weight is 422 g/mol. The van der Waals surface area contributed by atoms with Crippen molar-refractivity contribution in [3.8, 4) is 11.5 Å². The summed E-state index contributed by atoms with van der Waals surface area (Å²) in [6.45, 7) is 0.326. The van der Waals surface area contributed by atoms with Gasteiger partial charge >= 0.3 is 0 Å². The zero-order valence-corrected chi connectivity index (χ0v) is 17.6. The molecule has 4 aromatic carbocycles. The fraction of sp³-hybridized carbons (Fsp3) is 0.103. The third-order valence-electron chi connectivity index (χ3n) is 5.89. The lowest BCUT2D eigenvalue weighted by Crippen LogP contribution is -2.08. The van der Waals surface area contributed by atoms with E-state index in [1.54, 1.807) is 18.2 Å². The minimum absolute atomic E-state index is 0.211. The molecule has 1 aliphatic rings. The maximum absolute atomic E-state index is 15.2. The van der Waals surface area contributed by atoms with E-state index in [4.69, 9.17) is 4.74 Å². The quantitative estimate of drug-likeness (QED) is 0.375. The van der Waals surface area contributed by atoms with Crippen molar-refractivity contribution in [2.75, 3.05) is 0 Å². The first-order valence-corrected chi connectivity index (χ1v) is 10.8. The molecule has 0 radical (unpaired) electrons. The summed E-state index contributed by atoms with van der Waals surface area (Å²) in [5.74, 6) is 0.119. The zero-order valence-electron chi connectivity index (χ0n) is 17.6. The molecule has 0 aromatic heterocycles. The van der Waals surface area contributed by atoms with Crippen LogP contribution < -0.4 is 4.74 Å². The van der Waals surface area contributed by atoms with Crippen LogP contribution >= 0.6 is 0 Å². The number of phenols is 1. The third-order valence-corrected chi connectivity index (χ3v) is 5.89. The van der Waals surface area contributed by atoms with E-state index in [0.717, 1.165) is 46.2 Å². The predicted octanol–water partition coefficient (Wildman–Crippen LogP) is 7.02. The first-order valence-electron chi connectivity index (χ1n) is 10.8. The Morgan fingerprint density at radius 2 is 1.44 bits per heavy atom. The lowest BCUT2D eigenvalue weighted by molar-refractivity contribution is 0.290. The van der Waals surface area contributed by atoms with Crippen LogP contribution in [0.1, 0.15) is 34.2 Å². The van der Waals surface area contributed by atoms with Crippen LogP contribution in [-0.4, -0.2) is 5.11 Å². The van der Waals surface area contributed by atoms with E-state index in [1.165, 1.54) is 5.57 Å². The van der Waals surface area contributed by atoms with Gasteiger partial charge in [-0.15, -0.1) is 0 Å². The van der Waals surface area contributed by atoms with Gasteiger partial charge in [0.15, 0.2) is 11.6 Å². The summed E-state index contributed by atoms with van der Waals surface area (Å²) < 4.78 is 21.0. The van der Waals surface area contributed by atoms with Gasteiger partial charge < -0.3 is 9.84 Å². The Hall–Kier alpha value is -3.85. The van der Waals surface area contributed by atoms with Crippen molar-refractivity contribution in [3.05, 3.63) is 131 Å². The van der Waals surface area contributed by atoms with Crippen molar-refractivity contribution in [3.63, 3.8) is 0 Å². The van der Waals surface area contributed by atoms with Gasteiger partial charge in [0.1, 0.15) is 12.4 Å². The van der Waals surface area contributed by atoms with Crippen molar-refractivity contribution in [1.29, 1.82) is 0 Å². The largest absolute Gasteiger partial charge is 0.508 e. The van der Waals surface area contributed by atoms with Gasteiger partial charge in [-0.2, -0.15) is 0 Å². The van der Waals surface area contributed by atoms with Gasteiger partial charge in [-0.25, -0.2) is 4.39 Å². The minimum Gasteiger partial charge on any atom is -0.508 e. The molecule has 0 heterocycles. The second-order valence-corrected chi connectivity index (χ2v) is 7.98. The van der Waals surface area contributed by atoms with Crippen LogP contribution in [0.15, 0.2) is 97.1 Å². The molecule has 0 amide bonds. The topological polar surface area (TPSA) is 29.5 Å². The maximum Gasteiger partial charge on any atom is 0.165 e. The molecule has 4 aromatic rings. The summed E-state index contributed by atoms with van der Waals surface area (Å²) in [7, 11) is 0. The van der Waals surface area contributed by atoms with E-state index in [0.29, 0.717) is 6.61 Å². The highest BCUT2D eigenvalue weighted by atomic mass is 19.1. The fourth-order valence-electron chi connectivity index (χ4n) is 4.31. The number of hydrogen-bond donors (Lipinski definition) is 1. The molecule has 1 N–H and O–H groups in total. The van der Waals surface area contributed by atoms with E-state index in [9.17, 15) is 5.11 Å². The van der Waals surface area contributed by atoms with E-state index in [1.807, 2.05) is 66.7 Å². The predicted molar refractivity (Wildman–Crippen MR) is 126 cm³/mol. The van der Waals surface area contributed by atoms with Crippen LogP contribution in [0.25, 0.3) is 11.1 Å². The lowest BCUT2D eigenvalue weighted by atomic mass is 9.79. The number of phenolic OH excluding ortho intramolecular Hbond substituents is 1. The van der Waals surface area contributed by atoms with Gasteiger partial charge in [0.05, 0.1) is 0 Å². The maximum atomic E-state index is 15.2. The third kappa shape index (κ3) is 4.02. The standard InChI is InChI=1S/C29H23FO2/c30-27-18-26-23(17-28(27)32-19-20-7-3-1-4-8-20)13-16-25(21-9-5-2-6-10-21)29(26)22-11-14-24(31)15-12-22/h1-12,14-15,17-18,31H,13,16,19H2. The molecule has 0 unspecified atom stereocenters. The fourth-order valence-corrected chi connectivity index (χ4v) is 4.31. The molecule has 1 aliphatic carbocycles. The Morgan fingerprint density at radius 3 is 2.16 bits per heavy atom. The summed E-state index contributed by atoms with van der Waals surface area (Å²) >= 11 is 0. The number of ether oxygens (including phenoxy) is 1. The number of rotatable bonds is 5. The summed E-state index contributed by atoms with van der Waals surface area (Å²) in [6.07, 6.45) is 1.65. The van der Waals surface area contributed by atoms with E-state index < -0.39 is 0 Å². The molecule has 158 valence electrons. The van der Waals surface area contributed by atoms with Gasteiger partial charge in [-0.05, 0) is 76.1 Å². The number of allylic oxidation sites excluding steroid dienone is 1. The average Bonchev–Trinajstić information content (AvgIpc) is 2.84. The van der Waals surface area contributed by atoms with Gasteiger partial charge in [0.25, 0.3) is 0 Å². The minimum atomic E-state index is -0.370. The van der Waals surface area contributed by atoms with Crippen LogP contribution in [0.5, 0.6) is 11.5 Å². The Labute approximate surface area is 187 Å². The van der Waals surface area contributed by atoms with Crippen LogP contribution in [0.2, 0.25) is 0 Å². The Morgan fingerprint density at radius 1 is 0.750 bits per heavy atom. The highest BCUT2D eigenvalue weighted by molar-refractivity contribution is 6.00. The van der Waals surface area contributed by atoms with Gasteiger partial charge in [0.2, 0.25) is 0 Å². The van der Waals surface area contributed by atoms with Crippen LogP contribution in [0.4, 0.5) is 4.39 Å². The number of aromatic hydroxyl groups is 1. The molecule has 0 fully saturated rings. The monoisotopic (exact) mass is 422 g/mol. The zero-order chi connectivity index (χ0) is 21.9. The number of halogens is 1. The number of fused-ring (bicyclic) bond motifs is 1. The lowest BCUT2D eigenvalue weighted by Gasteiger charge is -2.25. The second-order valence-electron chi connectivity index (χ2n) is 7.98. The van der Waals surface area contributed by atoms with Crippen LogP contribution in [0, 0.1) is 5.82 Å². The van der Waals surface area contributed by atoms with Gasteiger partial charge in [-0.1, -0.05) is 72.8 Å². The normalized spacial score (nSPS) is 13.0. The van der Waals surface area contributed by atoms with Crippen LogP contribution in [0.3, 0.4) is 0 Å². The highest BCUT2D eigenvalue weighted by Gasteiger charge is 2.24. The summed E-state index contributed by atoms with van der Waals surface area (Å²) in [5, 5.41) is 9.77. The molecule has 32 heavy (non-hydrogen) atoms. The van der Waals surface area contributed by atoms with E-state index in [-0.39, 0.29) is 17.3 Å². The molecule has 0 atom stereocenters. The van der Waals surface area contributed by atoms with Crippen molar-refractivity contribution in [2.24, 2.45) is 0 Å². The van der Waals surface area contributed by atoms with Gasteiger partial charge in [0, 0.05) is 0 Å². The van der Waals surface area contributed by atoms with Gasteiger partial charge in [-0.3, -0.25) is 0 Å². The van der Waals surface area contributed by atoms with Crippen molar-refractivity contribution < 1.29 is 14.2 Å². The first-order chi connectivity index (χ1) is 15.7. The van der Waals surface area contributed by atoms with Crippen molar-refractivity contribution >= 4 is 11.1 Å².